The number of alkyl halides is 3. The van der Waals surface area contributed by atoms with Crippen LogP contribution < -0.4 is 21.1 Å². The molecule has 3 aromatic carbocycles. The number of carbonyl (C=O) groups excluding carboxylic acids is 2. The summed E-state index contributed by atoms with van der Waals surface area (Å²) in [6.07, 6.45) is -3.35. The third-order valence-corrected chi connectivity index (χ3v) is 5.46. The van der Waals surface area contributed by atoms with E-state index < -0.39 is 18.4 Å². The number of amides is 4. The monoisotopic (exact) mass is 524 g/mol. The molecular weight excluding hydrogens is 501 g/mol. The maximum absolute atomic E-state index is 12.4. The van der Waals surface area contributed by atoms with Crippen molar-refractivity contribution in [1.29, 1.82) is 0 Å². The minimum Gasteiger partial charge on any atom is -0.406 e. The van der Waals surface area contributed by atoms with Gasteiger partial charge in [-0.25, -0.2) is 19.3 Å². The van der Waals surface area contributed by atoms with Gasteiger partial charge in [0, 0.05) is 11.1 Å². The van der Waals surface area contributed by atoms with Crippen molar-refractivity contribution in [2.24, 2.45) is 5.73 Å². The Labute approximate surface area is 215 Å². The smallest absolute Gasteiger partial charge is 0.406 e. The average molecular weight is 525 g/mol. The van der Waals surface area contributed by atoms with Gasteiger partial charge in [-0.1, -0.05) is 38.1 Å². The molecule has 1 heterocycles. The van der Waals surface area contributed by atoms with Crippen molar-refractivity contribution in [1.82, 2.24) is 20.1 Å². The van der Waals surface area contributed by atoms with Crippen LogP contribution in [0.1, 0.15) is 25.3 Å². The van der Waals surface area contributed by atoms with Crippen LogP contribution in [0.4, 0.5) is 28.4 Å². The van der Waals surface area contributed by atoms with Gasteiger partial charge in [-0.15, -0.1) is 18.3 Å². The fourth-order valence-corrected chi connectivity index (χ4v) is 3.85. The number of nitrogens with two attached hydrogens (primary N) is 1. The van der Waals surface area contributed by atoms with Crippen LogP contribution in [0.25, 0.3) is 28.2 Å². The first-order valence-corrected chi connectivity index (χ1v) is 11.4. The third kappa shape index (κ3) is 6.27. The largest absolute Gasteiger partial charge is 0.573 e. The van der Waals surface area contributed by atoms with E-state index >= 15 is 0 Å². The number of carbonyl (C=O) groups is 2. The molecule has 4 N–H and O–H groups in total. The van der Waals surface area contributed by atoms with Gasteiger partial charge >= 0.3 is 18.4 Å². The number of halogens is 3. The quantitative estimate of drug-likeness (QED) is 0.293. The van der Waals surface area contributed by atoms with Crippen molar-refractivity contribution in [2.45, 2.75) is 26.1 Å². The van der Waals surface area contributed by atoms with Gasteiger partial charge in [0.1, 0.15) is 12.1 Å². The van der Waals surface area contributed by atoms with E-state index in [1.807, 2.05) is 43.4 Å². The molecule has 4 rings (SSSR count). The number of primary amides is 1. The van der Waals surface area contributed by atoms with Crippen LogP contribution in [0.5, 0.6) is 5.75 Å². The molecule has 38 heavy (non-hydrogen) atoms. The molecule has 196 valence electrons. The highest BCUT2D eigenvalue weighted by atomic mass is 19.4. The summed E-state index contributed by atoms with van der Waals surface area (Å²) >= 11 is 0. The molecular formula is C26H23F3N6O3. The first-order valence-electron chi connectivity index (χ1n) is 11.4. The van der Waals surface area contributed by atoms with Gasteiger partial charge in [0.2, 0.25) is 0 Å². The van der Waals surface area contributed by atoms with Gasteiger partial charge in [-0.3, -0.25) is 5.32 Å². The molecule has 0 fully saturated rings. The molecule has 0 unspecified atom stereocenters. The molecule has 1 aromatic heterocycles. The number of hydrogen-bond acceptors (Lipinski definition) is 5. The van der Waals surface area contributed by atoms with Crippen LogP contribution in [0.2, 0.25) is 0 Å². The topological polar surface area (TPSA) is 124 Å². The van der Waals surface area contributed by atoms with Crippen LogP contribution in [0.3, 0.4) is 0 Å². The molecule has 0 aliphatic heterocycles. The van der Waals surface area contributed by atoms with E-state index in [0.29, 0.717) is 28.3 Å². The lowest BCUT2D eigenvalue weighted by Gasteiger charge is -2.17. The zero-order chi connectivity index (χ0) is 27.4. The lowest BCUT2D eigenvalue weighted by atomic mass is 9.91. The Morgan fingerprint density at radius 2 is 1.71 bits per heavy atom. The lowest BCUT2D eigenvalue weighted by molar-refractivity contribution is -0.274. The van der Waals surface area contributed by atoms with E-state index in [1.165, 1.54) is 35.3 Å². The number of aromatic nitrogens is 3. The molecule has 9 nitrogen and oxygen atoms in total. The molecule has 0 atom stereocenters. The first kappa shape index (κ1) is 26.2. The second kappa shape index (κ2) is 10.6. The fourth-order valence-electron chi connectivity index (χ4n) is 3.85. The number of benzene rings is 3. The molecule has 0 saturated heterocycles. The Morgan fingerprint density at radius 3 is 2.37 bits per heavy atom. The van der Waals surface area contributed by atoms with Crippen LogP contribution in [-0.2, 0) is 0 Å². The van der Waals surface area contributed by atoms with E-state index in [-0.39, 0.29) is 11.7 Å². The molecule has 12 heteroatoms. The van der Waals surface area contributed by atoms with E-state index in [4.69, 9.17) is 5.73 Å². The van der Waals surface area contributed by atoms with Gasteiger partial charge in [0.05, 0.1) is 11.4 Å². The predicted octanol–water partition coefficient (Wildman–Crippen LogP) is 5.82. The first-order chi connectivity index (χ1) is 18.0. The Hall–Kier alpha value is -4.87. The minimum absolute atomic E-state index is 0.170. The third-order valence-electron chi connectivity index (χ3n) is 5.46. The molecule has 0 radical (unpaired) electrons. The van der Waals surface area contributed by atoms with E-state index in [0.717, 1.165) is 11.1 Å². The molecule has 4 amide bonds. The number of ether oxygens (including phenoxy) is 1. The number of rotatable bonds is 6. The fraction of sp³-hybridized carbons (Fsp3) is 0.154. The summed E-state index contributed by atoms with van der Waals surface area (Å²) in [6.45, 7) is 4.09. The summed E-state index contributed by atoms with van der Waals surface area (Å²) in [6, 6.07) is 16.3. The highest BCUT2D eigenvalue weighted by molar-refractivity contribution is 6.02. The summed E-state index contributed by atoms with van der Waals surface area (Å²) in [7, 11) is 0. The second-order valence-electron chi connectivity index (χ2n) is 8.50. The van der Waals surface area contributed by atoms with Crippen molar-refractivity contribution in [3.8, 4) is 34.0 Å². The zero-order valence-electron chi connectivity index (χ0n) is 20.3. The Bertz CT molecular complexity index is 1470. The van der Waals surface area contributed by atoms with Crippen LogP contribution in [0.15, 0.2) is 73.1 Å². The highest BCUT2D eigenvalue weighted by Crippen LogP contribution is 2.36. The van der Waals surface area contributed by atoms with E-state index in [9.17, 15) is 22.8 Å². The van der Waals surface area contributed by atoms with Gasteiger partial charge in [0.15, 0.2) is 5.82 Å². The number of hydrogen-bond donors (Lipinski definition) is 3. The SMILES string of the molecule is CC(C)c1ccccc1-c1cc(-c2ncn(-c3ccc(OC(F)(F)F)cc3)n2)ccc1NC(=O)NC(N)=O. The Balaban J connectivity index is 1.70. The number of anilines is 1. The maximum Gasteiger partial charge on any atom is 0.573 e. The molecule has 0 aliphatic rings. The Kier molecular flexibility index (Phi) is 7.33. The zero-order valence-corrected chi connectivity index (χ0v) is 20.3. The van der Waals surface area contributed by atoms with E-state index in [1.54, 1.807) is 18.2 Å². The molecule has 4 aromatic rings. The summed E-state index contributed by atoms with van der Waals surface area (Å²) < 4.78 is 42.6. The predicted molar refractivity (Wildman–Crippen MR) is 135 cm³/mol. The van der Waals surface area contributed by atoms with Crippen LogP contribution >= 0.6 is 0 Å². The average Bonchev–Trinajstić information content (AvgIpc) is 3.33. The number of nitrogens with one attached hydrogen (secondary N) is 2. The molecule has 0 spiro atoms. The summed E-state index contributed by atoms with van der Waals surface area (Å²) in [4.78, 5) is 27.7. The standard InChI is InChI=1S/C26H23F3N6O3/c1-15(2)19-5-3-4-6-20(19)21-13-16(7-12-22(21)32-25(37)33-24(30)36)23-31-14-35(34-23)17-8-10-18(11-9-17)38-26(27,28)29/h3-15H,1-2H3,(H4,30,32,33,36,37). The normalized spacial score (nSPS) is 11.3. The number of urea groups is 2. The van der Waals surface area contributed by atoms with Crippen molar-refractivity contribution >= 4 is 17.7 Å². The van der Waals surface area contributed by atoms with Gasteiger partial charge in [-0.05, 0) is 59.5 Å². The van der Waals surface area contributed by atoms with Crippen LogP contribution in [0, 0.1) is 0 Å². The Morgan fingerprint density at radius 1 is 1.00 bits per heavy atom. The maximum atomic E-state index is 12.4. The lowest BCUT2D eigenvalue weighted by Crippen LogP contribution is -2.38. The van der Waals surface area contributed by atoms with Crippen molar-refractivity contribution < 1.29 is 27.5 Å². The molecule has 0 saturated carbocycles. The summed E-state index contributed by atoms with van der Waals surface area (Å²) in [5.41, 5.74) is 9.14. The van der Waals surface area contributed by atoms with Gasteiger partial charge < -0.3 is 15.8 Å². The van der Waals surface area contributed by atoms with Crippen molar-refractivity contribution in [2.75, 3.05) is 5.32 Å². The van der Waals surface area contributed by atoms with Crippen molar-refractivity contribution in [3.05, 3.63) is 78.6 Å². The number of imide groups is 1. The van der Waals surface area contributed by atoms with Crippen LogP contribution in [-0.4, -0.2) is 33.2 Å². The van der Waals surface area contributed by atoms with Gasteiger partial charge in [-0.2, -0.15) is 0 Å². The molecule has 0 bridgehead atoms. The van der Waals surface area contributed by atoms with Gasteiger partial charge in [0.25, 0.3) is 0 Å². The molecule has 0 aliphatic carbocycles. The second-order valence-corrected chi connectivity index (χ2v) is 8.50. The van der Waals surface area contributed by atoms with Crippen molar-refractivity contribution in [3.63, 3.8) is 0 Å². The number of nitrogens with zero attached hydrogens (tertiary/aromatic N) is 3. The minimum atomic E-state index is -4.78. The van der Waals surface area contributed by atoms with E-state index in [2.05, 4.69) is 20.1 Å². The summed E-state index contributed by atoms with van der Waals surface area (Å²) in [5.74, 6) is 0.166. The summed E-state index contributed by atoms with van der Waals surface area (Å²) in [5, 5.41) is 9.09. The highest BCUT2D eigenvalue weighted by Gasteiger charge is 2.31.